The van der Waals surface area contributed by atoms with Crippen LogP contribution in [-0.4, -0.2) is 35.5 Å². The minimum Gasteiger partial charge on any atom is -0.348 e. The SMILES string of the molecule is CC(NC(=O)CN(c1cc(Cl)ccc1Cl)S(=O)(=O)c1ccccc1)c1ccc(S(C)(=O)=O)cc1. The fraction of sp³-hybridized carbons (Fsp3) is 0.174. The van der Waals surface area contributed by atoms with Crippen molar-refractivity contribution in [1.29, 1.82) is 0 Å². The third-order valence-corrected chi connectivity index (χ3v) is 8.44. The van der Waals surface area contributed by atoms with Crippen molar-refractivity contribution in [3.05, 3.63) is 88.4 Å². The van der Waals surface area contributed by atoms with Crippen molar-refractivity contribution < 1.29 is 21.6 Å². The van der Waals surface area contributed by atoms with Crippen LogP contribution in [0.25, 0.3) is 0 Å². The number of hydrogen-bond acceptors (Lipinski definition) is 5. The Morgan fingerprint density at radius 3 is 2.12 bits per heavy atom. The van der Waals surface area contributed by atoms with Crippen LogP contribution in [0.1, 0.15) is 18.5 Å². The van der Waals surface area contributed by atoms with Crippen molar-refractivity contribution in [3.8, 4) is 0 Å². The molecular formula is C23H22Cl2N2O5S2. The van der Waals surface area contributed by atoms with Gasteiger partial charge in [0.05, 0.1) is 26.5 Å². The predicted octanol–water partition coefficient (Wildman–Crippen LogP) is 4.47. The van der Waals surface area contributed by atoms with E-state index in [1.807, 2.05) is 0 Å². The number of nitrogens with zero attached hydrogens (tertiary/aromatic N) is 1. The average Bonchev–Trinajstić information content (AvgIpc) is 2.79. The lowest BCUT2D eigenvalue weighted by Gasteiger charge is -2.26. The normalized spacial score (nSPS) is 12.7. The molecule has 0 aliphatic rings. The Kier molecular flexibility index (Phi) is 7.92. The number of nitrogens with one attached hydrogen (secondary N) is 1. The lowest BCUT2D eigenvalue weighted by Crippen LogP contribution is -2.41. The van der Waals surface area contributed by atoms with Crippen LogP contribution in [0.5, 0.6) is 0 Å². The predicted molar refractivity (Wildman–Crippen MR) is 134 cm³/mol. The van der Waals surface area contributed by atoms with E-state index in [2.05, 4.69) is 5.32 Å². The molecule has 0 aliphatic heterocycles. The van der Waals surface area contributed by atoms with Crippen molar-refractivity contribution >= 4 is 54.7 Å². The molecule has 0 bridgehead atoms. The van der Waals surface area contributed by atoms with Gasteiger partial charge in [-0.1, -0.05) is 53.5 Å². The number of halogens is 2. The number of amides is 1. The summed E-state index contributed by atoms with van der Waals surface area (Å²) in [4.78, 5) is 13.1. The molecule has 0 radical (unpaired) electrons. The van der Waals surface area contributed by atoms with Gasteiger partial charge >= 0.3 is 0 Å². The van der Waals surface area contributed by atoms with Crippen molar-refractivity contribution in [1.82, 2.24) is 5.32 Å². The first-order valence-corrected chi connectivity index (χ1v) is 14.1. The molecule has 0 aromatic heterocycles. The van der Waals surface area contributed by atoms with E-state index >= 15 is 0 Å². The summed E-state index contributed by atoms with van der Waals surface area (Å²) in [5.74, 6) is -0.588. The Hall–Kier alpha value is -2.59. The average molecular weight is 541 g/mol. The molecule has 3 rings (SSSR count). The Bertz CT molecular complexity index is 1400. The van der Waals surface area contributed by atoms with Crippen molar-refractivity contribution in [2.24, 2.45) is 0 Å². The largest absolute Gasteiger partial charge is 0.348 e. The van der Waals surface area contributed by atoms with E-state index in [1.165, 1.54) is 42.5 Å². The lowest BCUT2D eigenvalue weighted by atomic mass is 10.1. The minimum absolute atomic E-state index is 0.0109. The molecule has 180 valence electrons. The number of sulfone groups is 1. The van der Waals surface area contributed by atoms with Gasteiger partial charge in [-0.2, -0.15) is 0 Å². The van der Waals surface area contributed by atoms with E-state index in [1.54, 1.807) is 37.3 Å². The Labute approximate surface area is 209 Å². The highest BCUT2D eigenvalue weighted by atomic mass is 35.5. The maximum Gasteiger partial charge on any atom is 0.264 e. The maximum atomic E-state index is 13.4. The topological polar surface area (TPSA) is 101 Å². The fourth-order valence-corrected chi connectivity index (χ4v) is 5.72. The Morgan fingerprint density at radius 2 is 1.53 bits per heavy atom. The van der Waals surface area contributed by atoms with Crippen LogP contribution in [0, 0.1) is 0 Å². The van der Waals surface area contributed by atoms with E-state index in [0.29, 0.717) is 5.56 Å². The molecule has 34 heavy (non-hydrogen) atoms. The Morgan fingerprint density at radius 1 is 0.912 bits per heavy atom. The molecular weight excluding hydrogens is 519 g/mol. The summed E-state index contributed by atoms with van der Waals surface area (Å²) in [6.45, 7) is 1.15. The molecule has 3 aromatic rings. The van der Waals surface area contributed by atoms with Crippen molar-refractivity contribution in [3.63, 3.8) is 0 Å². The molecule has 0 fully saturated rings. The number of hydrogen-bond donors (Lipinski definition) is 1. The second-order valence-electron chi connectivity index (χ2n) is 7.55. The highest BCUT2D eigenvalue weighted by molar-refractivity contribution is 7.93. The van der Waals surface area contributed by atoms with Crippen LogP contribution in [0.3, 0.4) is 0 Å². The van der Waals surface area contributed by atoms with Gasteiger partial charge in [0.1, 0.15) is 6.54 Å². The standard InChI is InChI=1S/C23H22Cl2N2O5S2/c1-16(17-8-11-19(12-9-17)33(2,29)30)26-23(28)15-27(22-14-18(24)10-13-21(22)25)34(31,32)20-6-4-3-5-7-20/h3-14,16H,15H2,1-2H3,(H,26,28). The quantitative estimate of drug-likeness (QED) is 0.454. The zero-order chi connectivity index (χ0) is 25.1. The van der Waals surface area contributed by atoms with Gasteiger partial charge in [0.25, 0.3) is 10.0 Å². The summed E-state index contributed by atoms with van der Waals surface area (Å²) >= 11 is 12.4. The molecule has 0 spiro atoms. The number of carbonyl (C=O) groups is 1. The van der Waals surface area contributed by atoms with Gasteiger partial charge in [-0.05, 0) is 55.0 Å². The van der Waals surface area contributed by atoms with E-state index in [0.717, 1.165) is 10.6 Å². The Balaban J connectivity index is 1.89. The molecule has 1 atom stereocenters. The molecule has 0 saturated heterocycles. The third-order valence-electron chi connectivity index (χ3n) is 4.98. The van der Waals surface area contributed by atoms with Crippen molar-refractivity contribution in [2.75, 3.05) is 17.1 Å². The summed E-state index contributed by atoms with van der Waals surface area (Å²) < 4.78 is 51.0. The summed E-state index contributed by atoms with van der Waals surface area (Å²) in [5, 5.41) is 3.11. The van der Waals surface area contributed by atoms with Crippen LogP contribution in [0.2, 0.25) is 10.0 Å². The van der Waals surface area contributed by atoms with Gasteiger partial charge in [-0.15, -0.1) is 0 Å². The van der Waals surface area contributed by atoms with Crippen LogP contribution < -0.4 is 9.62 Å². The second kappa shape index (κ2) is 10.4. The van der Waals surface area contributed by atoms with Gasteiger partial charge in [0.15, 0.2) is 9.84 Å². The smallest absolute Gasteiger partial charge is 0.264 e. The second-order valence-corrected chi connectivity index (χ2v) is 12.3. The van der Waals surface area contributed by atoms with Crippen LogP contribution in [0.4, 0.5) is 5.69 Å². The lowest BCUT2D eigenvalue weighted by molar-refractivity contribution is -0.120. The summed E-state index contributed by atoms with van der Waals surface area (Å²) in [5.41, 5.74) is 0.720. The van der Waals surface area contributed by atoms with Gasteiger partial charge in [-0.3, -0.25) is 9.10 Å². The zero-order valence-corrected chi connectivity index (χ0v) is 21.4. The molecule has 0 saturated carbocycles. The third kappa shape index (κ3) is 6.09. The number of sulfonamides is 1. The first-order chi connectivity index (χ1) is 15.9. The molecule has 0 aliphatic carbocycles. The zero-order valence-electron chi connectivity index (χ0n) is 18.3. The molecule has 1 amide bonds. The first-order valence-electron chi connectivity index (χ1n) is 10.0. The highest BCUT2D eigenvalue weighted by Crippen LogP contribution is 2.33. The van der Waals surface area contributed by atoms with Gasteiger partial charge in [0.2, 0.25) is 5.91 Å². The molecule has 3 aromatic carbocycles. The van der Waals surface area contributed by atoms with Gasteiger partial charge in [-0.25, -0.2) is 16.8 Å². The fourth-order valence-electron chi connectivity index (χ4n) is 3.20. The highest BCUT2D eigenvalue weighted by Gasteiger charge is 2.29. The van der Waals surface area contributed by atoms with Gasteiger partial charge in [0, 0.05) is 11.3 Å². The molecule has 0 heterocycles. The van der Waals surface area contributed by atoms with E-state index in [4.69, 9.17) is 23.2 Å². The number of carbonyl (C=O) groups excluding carboxylic acids is 1. The molecule has 11 heteroatoms. The van der Waals surface area contributed by atoms with Crippen LogP contribution >= 0.6 is 23.2 Å². The summed E-state index contributed by atoms with van der Waals surface area (Å²) in [6.07, 6.45) is 1.11. The summed E-state index contributed by atoms with van der Waals surface area (Å²) in [7, 11) is -7.50. The maximum absolute atomic E-state index is 13.4. The monoisotopic (exact) mass is 540 g/mol. The van der Waals surface area contributed by atoms with E-state index in [9.17, 15) is 21.6 Å². The van der Waals surface area contributed by atoms with Gasteiger partial charge < -0.3 is 5.32 Å². The van der Waals surface area contributed by atoms with E-state index < -0.39 is 38.4 Å². The van der Waals surface area contributed by atoms with Crippen molar-refractivity contribution in [2.45, 2.75) is 22.8 Å². The molecule has 1 N–H and O–H groups in total. The van der Waals surface area contributed by atoms with Crippen LogP contribution in [0.15, 0.2) is 82.6 Å². The van der Waals surface area contributed by atoms with Crippen LogP contribution in [-0.2, 0) is 24.7 Å². The number of anilines is 1. The van der Waals surface area contributed by atoms with E-state index in [-0.39, 0.29) is 25.5 Å². The first kappa shape index (κ1) is 26.0. The minimum atomic E-state index is -4.15. The summed E-state index contributed by atoms with van der Waals surface area (Å²) in [6, 6.07) is 17.6. The molecule has 7 nitrogen and oxygen atoms in total. The molecule has 1 unspecified atom stereocenters. The number of benzene rings is 3. The number of rotatable bonds is 8.